The molecule has 1 fully saturated rings. The van der Waals surface area contributed by atoms with Gasteiger partial charge in [0.15, 0.2) is 0 Å². The lowest BCUT2D eigenvalue weighted by Crippen LogP contribution is -2.39. The van der Waals surface area contributed by atoms with E-state index in [0.717, 1.165) is 25.9 Å². The van der Waals surface area contributed by atoms with Crippen molar-refractivity contribution < 1.29 is 4.92 Å². The topological polar surface area (TPSA) is 67.2 Å². The number of para-hydroxylation sites is 1. The smallest absolute Gasteiger partial charge is 0.293 e. The molecule has 1 aromatic rings. The Kier molecular flexibility index (Phi) is 4.27. The fourth-order valence-corrected chi connectivity index (χ4v) is 2.59. The van der Waals surface area contributed by atoms with Crippen molar-refractivity contribution in [1.82, 2.24) is 5.32 Å². The lowest BCUT2D eigenvalue weighted by molar-refractivity contribution is -0.384. The van der Waals surface area contributed by atoms with E-state index in [4.69, 9.17) is 11.6 Å². The first-order chi connectivity index (χ1) is 9.02. The standard InChI is InChI=1S/C13H18ClN3O2/c1-13(5-7-15-8-6-13)9-16-12-10(14)3-2-4-11(12)17(18)19/h2-4,15-16H,5-9H2,1H3. The quantitative estimate of drug-likeness (QED) is 0.658. The number of benzene rings is 1. The zero-order valence-corrected chi connectivity index (χ0v) is 11.7. The molecule has 0 aromatic heterocycles. The summed E-state index contributed by atoms with van der Waals surface area (Å²) in [5.74, 6) is 0. The Morgan fingerprint density at radius 2 is 2.16 bits per heavy atom. The van der Waals surface area contributed by atoms with Gasteiger partial charge in [-0.1, -0.05) is 24.6 Å². The van der Waals surface area contributed by atoms with Crippen molar-refractivity contribution in [3.8, 4) is 0 Å². The second kappa shape index (κ2) is 5.75. The Hall–Kier alpha value is -1.33. The fourth-order valence-electron chi connectivity index (χ4n) is 2.35. The minimum atomic E-state index is -0.404. The minimum absolute atomic E-state index is 0.0324. The van der Waals surface area contributed by atoms with E-state index in [9.17, 15) is 10.1 Å². The highest BCUT2D eigenvalue weighted by Crippen LogP contribution is 2.34. The highest BCUT2D eigenvalue weighted by atomic mass is 35.5. The molecule has 0 saturated carbocycles. The summed E-state index contributed by atoms with van der Waals surface area (Å²) in [5, 5.41) is 17.9. The van der Waals surface area contributed by atoms with Crippen LogP contribution in [0.3, 0.4) is 0 Å². The molecule has 1 heterocycles. The number of nitro benzene ring substituents is 1. The fraction of sp³-hybridized carbons (Fsp3) is 0.538. The molecule has 0 radical (unpaired) electrons. The third-order valence-electron chi connectivity index (χ3n) is 3.69. The second-order valence-electron chi connectivity index (χ2n) is 5.31. The van der Waals surface area contributed by atoms with Crippen LogP contribution in [-0.4, -0.2) is 24.6 Å². The van der Waals surface area contributed by atoms with Gasteiger partial charge in [0.25, 0.3) is 5.69 Å². The van der Waals surface area contributed by atoms with Crippen molar-refractivity contribution in [1.29, 1.82) is 0 Å². The van der Waals surface area contributed by atoms with E-state index in [1.165, 1.54) is 6.07 Å². The van der Waals surface area contributed by atoms with Crippen molar-refractivity contribution in [2.24, 2.45) is 5.41 Å². The third-order valence-corrected chi connectivity index (χ3v) is 4.01. The zero-order valence-electron chi connectivity index (χ0n) is 10.9. The number of hydrogen-bond donors (Lipinski definition) is 2. The van der Waals surface area contributed by atoms with Gasteiger partial charge in [0.05, 0.1) is 9.95 Å². The molecule has 0 amide bonds. The molecule has 1 aromatic carbocycles. The van der Waals surface area contributed by atoms with E-state index in [1.54, 1.807) is 12.1 Å². The van der Waals surface area contributed by atoms with Crippen LogP contribution in [0.1, 0.15) is 19.8 Å². The maximum Gasteiger partial charge on any atom is 0.293 e. The zero-order chi connectivity index (χ0) is 13.9. The van der Waals surface area contributed by atoms with E-state index in [2.05, 4.69) is 17.6 Å². The molecule has 104 valence electrons. The van der Waals surface area contributed by atoms with Gasteiger partial charge in [-0.25, -0.2) is 0 Å². The highest BCUT2D eigenvalue weighted by molar-refractivity contribution is 6.33. The van der Waals surface area contributed by atoms with E-state index < -0.39 is 4.92 Å². The molecule has 2 rings (SSSR count). The van der Waals surface area contributed by atoms with Crippen molar-refractivity contribution in [3.05, 3.63) is 33.3 Å². The summed E-state index contributed by atoms with van der Waals surface area (Å²) < 4.78 is 0. The van der Waals surface area contributed by atoms with Gasteiger partial charge in [0.2, 0.25) is 0 Å². The monoisotopic (exact) mass is 283 g/mol. The average molecular weight is 284 g/mol. The van der Waals surface area contributed by atoms with Gasteiger partial charge in [-0.2, -0.15) is 0 Å². The first-order valence-electron chi connectivity index (χ1n) is 6.39. The summed E-state index contributed by atoms with van der Waals surface area (Å²) in [6.07, 6.45) is 2.11. The van der Waals surface area contributed by atoms with Gasteiger partial charge in [-0.05, 0) is 37.4 Å². The summed E-state index contributed by atoms with van der Waals surface area (Å²) in [7, 11) is 0. The summed E-state index contributed by atoms with van der Waals surface area (Å²) in [6, 6.07) is 4.73. The maximum absolute atomic E-state index is 11.0. The van der Waals surface area contributed by atoms with Crippen LogP contribution in [0, 0.1) is 15.5 Å². The van der Waals surface area contributed by atoms with Crippen molar-refractivity contribution in [2.45, 2.75) is 19.8 Å². The van der Waals surface area contributed by atoms with Crippen LogP contribution in [0.25, 0.3) is 0 Å². The normalized spacial score (nSPS) is 18.0. The van der Waals surface area contributed by atoms with Crippen molar-refractivity contribution in [3.63, 3.8) is 0 Å². The van der Waals surface area contributed by atoms with Crippen LogP contribution < -0.4 is 10.6 Å². The summed E-state index contributed by atoms with van der Waals surface area (Å²) in [5.41, 5.74) is 0.608. The largest absolute Gasteiger partial charge is 0.378 e. The number of nitrogens with zero attached hydrogens (tertiary/aromatic N) is 1. The lowest BCUT2D eigenvalue weighted by atomic mass is 9.81. The summed E-state index contributed by atoms with van der Waals surface area (Å²) in [4.78, 5) is 10.6. The van der Waals surface area contributed by atoms with E-state index >= 15 is 0 Å². The Bertz CT molecular complexity index is 473. The van der Waals surface area contributed by atoms with Crippen LogP contribution in [0.15, 0.2) is 18.2 Å². The molecule has 19 heavy (non-hydrogen) atoms. The Morgan fingerprint density at radius 1 is 1.47 bits per heavy atom. The molecule has 0 aliphatic carbocycles. The Morgan fingerprint density at radius 3 is 2.79 bits per heavy atom. The minimum Gasteiger partial charge on any atom is -0.378 e. The first-order valence-corrected chi connectivity index (χ1v) is 6.77. The van der Waals surface area contributed by atoms with Crippen molar-refractivity contribution in [2.75, 3.05) is 25.0 Å². The summed E-state index contributed by atoms with van der Waals surface area (Å²) >= 11 is 6.06. The first kappa shape index (κ1) is 14.1. The van der Waals surface area contributed by atoms with Crippen LogP contribution in [0.4, 0.5) is 11.4 Å². The molecule has 2 N–H and O–H groups in total. The van der Waals surface area contributed by atoms with Gasteiger partial charge < -0.3 is 10.6 Å². The predicted molar refractivity (Wildman–Crippen MR) is 76.8 cm³/mol. The second-order valence-corrected chi connectivity index (χ2v) is 5.71. The average Bonchev–Trinajstić information content (AvgIpc) is 2.38. The number of rotatable bonds is 4. The molecule has 0 unspecified atom stereocenters. The number of hydrogen-bond acceptors (Lipinski definition) is 4. The predicted octanol–water partition coefficient (Wildman–Crippen LogP) is 3.05. The Labute approximate surface area is 117 Å². The van der Waals surface area contributed by atoms with Crippen LogP contribution in [0.5, 0.6) is 0 Å². The highest BCUT2D eigenvalue weighted by Gasteiger charge is 2.27. The number of nitro groups is 1. The van der Waals surface area contributed by atoms with Gasteiger partial charge in [-0.15, -0.1) is 0 Å². The van der Waals surface area contributed by atoms with Gasteiger partial charge in [-0.3, -0.25) is 10.1 Å². The molecule has 0 bridgehead atoms. The third kappa shape index (κ3) is 3.36. The van der Waals surface area contributed by atoms with Crippen LogP contribution in [0.2, 0.25) is 5.02 Å². The maximum atomic E-state index is 11.0. The number of nitrogens with one attached hydrogen (secondary N) is 2. The number of anilines is 1. The number of piperidine rings is 1. The molecule has 6 heteroatoms. The molecular weight excluding hydrogens is 266 g/mol. The van der Waals surface area contributed by atoms with E-state index in [-0.39, 0.29) is 11.1 Å². The van der Waals surface area contributed by atoms with Crippen molar-refractivity contribution >= 4 is 23.0 Å². The summed E-state index contributed by atoms with van der Waals surface area (Å²) in [6.45, 7) is 4.87. The van der Waals surface area contributed by atoms with Gasteiger partial charge in [0.1, 0.15) is 5.69 Å². The lowest BCUT2D eigenvalue weighted by Gasteiger charge is -2.34. The molecule has 0 spiro atoms. The molecule has 1 saturated heterocycles. The SMILES string of the molecule is CC1(CNc2c(Cl)cccc2[N+](=O)[O-])CCNCC1. The number of halogens is 1. The van der Waals surface area contributed by atoms with E-state index in [1.807, 2.05) is 0 Å². The van der Waals surface area contributed by atoms with Crippen LogP contribution >= 0.6 is 11.6 Å². The molecule has 0 atom stereocenters. The Balaban J connectivity index is 2.12. The van der Waals surface area contributed by atoms with Gasteiger partial charge >= 0.3 is 0 Å². The molecule has 5 nitrogen and oxygen atoms in total. The molecule has 1 aliphatic rings. The van der Waals surface area contributed by atoms with Crippen LogP contribution in [-0.2, 0) is 0 Å². The molecule has 1 aliphatic heterocycles. The molecular formula is C13H18ClN3O2. The van der Waals surface area contributed by atoms with Gasteiger partial charge in [0, 0.05) is 12.6 Å². The van der Waals surface area contributed by atoms with E-state index in [0.29, 0.717) is 17.3 Å².